The number of aromatic nitrogens is 2. The minimum absolute atomic E-state index is 0.0166. The molecule has 38 heavy (non-hydrogen) atoms. The van der Waals surface area contributed by atoms with E-state index >= 15 is 0 Å². The van der Waals surface area contributed by atoms with E-state index in [0.29, 0.717) is 17.7 Å². The Morgan fingerprint density at radius 3 is 2.37 bits per heavy atom. The first-order valence-corrected chi connectivity index (χ1v) is 13.9. The third kappa shape index (κ3) is 6.78. The molecule has 0 saturated carbocycles. The summed E-state index contributed by atoms with van der Waals surface area (Å²) < 4.78 is 5.68. The fourth-order valence-corrected chi connectivity index (χ4v) is 5.23. The van der Waals surface area contributed by atoms with E-state index in [0.717, 1.165) is 22.8 Å². The Labute approximate surface area is 229 Å². The highest BCUT2D eigenvalue weighted by atomic mass is 32.1. The van der Waals surface area contributed by atoms with Crippen molar-refractivity contribution in [1.82, 2.24) is 9.97 Å². The van der Waals surface area contributed by atoms with Crippen molar-refractivity contribution in [3.63, 3.8) is 0 Å². The first-order valence-electron chi connectivity index (χ1n) is 13.1. The predicted octanol–water partition coefficient (Wildman–Crippen LogP) is 6.47. The number of thiazole rings is 1. The van der Waals surface area contributed by atoms with Gasteiger partial charge in [-0.2, -0.15) is 0 Å². The summed E-state index contributed by atoms with van der Waals surface area (Å²) in [6.45, 7) is 10.0. The molecule has 2 heterocycles. The van der Waals surface area contributed by atoms with Crippen LogP contribution in [0.4, 0.5) is 5.69 Å². The first-order chi connectivity index (χ1) is 18.4. The molecule has 7 heteroatoms. The van der Waals surface area contributed by atoms with Gasteiger partial charge >= 0.3 is 0 Å². The number of rotatable bonds is 12. The maximum absolute atomic E-state index is 11.0. The number of carbonyl (C=O) groups is 1. The standard InChI is InChI=1S/C31H35N3O3S/c1-5-23(6-2)24-11-13-27(14-12-24)34(21(3)4)18-22-7-9-25(10-8-22)29-20-38-30(33-29)19-37-28-15-26(31(35)36)16-32-17-28/h7-17,20-21,23H,5-6,18-19H2,1-4H3,(H,35,36)/p-1. The number of anilines is 1. The average molecular weight is 529 g/mol. The van der Waals surface area contributed by atoms with Crippen LogP contribution in [0.1, 0.15) is 72.9 Å². The van der Waals surface area contributed by atoms with Crippen LogP contribution in [0.3, 0.4) is 0 Å². The molecule has 0 radical (unpaired) electrons. The van der Waals surface area contributed by atoms with E-state index in [-0.39, 0.29) is 12.2 Å². The summed E-state index contributed by atoms with van der Waals surface area (Å²) in [6, 6.07) is 19.4. The maximum atomic E-state index is 11.0. The van der Waals surface area contributed by atoms with Crippen molar-refractivity contribution in [3.8, 4) is 17.0 Å². The molecule has 4 aromatic rings. The highest BCUT2D eigenvalue weighted by Crippen LogP contribution is 2.28. The van der Waals surface area contributed by atoms with Crippen molar-refractivity contribution in [2.75, 3.05) is 4.90 Å². The number of benzene rings is 2. The van der Waals surface area contributed by atoms with Gasteiger partial charge in [-0.25, -0.2) is 4.98 Å². The number of hydrogen-bond acceptors (Lipinski definition) is 7. The quantitative estimate of drug-likeness (QED) is 0.210. The van der Waals surface area contributed by atoms with E-state index in [4.69, 9.17) is 4.74 Å². The number of carbonyl (C=O) groups excluding carboxylic acids is 1. The fraction of sp³-hybridized carbons (Fsp3) is 0.323. The number of ether oxygens (including phenoxy) is 1. The molecule has 2 aromatic carbocycles. The molecule has 6 nitrogen and oxygen atoms in total. The molecule has 0 aliphatic rings. The van der Waals surface area contributed by atoms with Crippen molar-refractivity contribution in [2.45, 2.75) is 65.6 Å². The fourth-order valence-electron chi connectivity index (χ4n) is 4.51. The van der Waals surface area contributed by atoms with Gasteiger partial charge in [-0.15, -0.1) is 11.3 Å². The van der Waals surface area contributed by atoms with Gasteiger partial charge in [0.1, 0.15) is 17.4 Å². The Hall–Kier alpha value is -3.71. The minimum Gasteiger partial charge on any atom is -0.545 e. The normalized spacial score (nSPS) is 11.2. The van der Waals surface area contributed by atoms with Crippen LogP contribution in [0.25, 0.3) is 11.3 Å². The van der Waals surface area contributed by atoms with Gasteiger partial charge in [0.25, 0.3) is 0 Å². The van der Waals surface area contributed by atoms with E-state index in [2.05, 4.69) is 91.1 Å². The van der Waals surface area contributed by atoms with Crippen molar-refractivity contribution in [1.29, 1.82) is 0 Å². The number of nitrogens with zero attached hydrogens (tertiary/aromatic N) is 3. The molecular weight excluding hydrogens is 494 g/mol. The summed E-state index contributed by atoms with van der Waals surface area (Å²) in [7, 11) is 0. The number of carboxylic acids is 1. The smallest absolute Gasteiger partial charge is 0.140 e. The molecule has 0 atom stereocenters. The topological polar surface area (TPSA) is 78.4 Å². The zero-order valence-electron chi connectivity index (χ0n) is 22.4. The molecule has 0 fully saturated rings. The second kappa shape index (κ2) is 12.7. The molecule has 0 aliphatic heterocycles. The first kappa shape index (κ1) is 27.3. The summed E-state index contributed by atoms with van der Waals surface area (Å²) in [6.07, 6.45) is 5.04. The van der Waals surface area contributed by atoms with Gasteiger partial charge in [0.2, 0.25) is 0 Å². The van der Waals surface area contributed by atoms with Gasteiger partial charge in [0, 0.05) is 41.0 Å². The van der Waals surface area contributed by atoms with E-state index < -0.39 is 5.97 Å². The van der Waals surface area contributed by atoms with Crippen molar-refractivity contribution in [3.05, 3.63) is 94.1 Å². The lowest BCUT2D eigenvalue weighted by Gasteiger charge is -2.30. The van der Waals surface area contributed by atoms with E-state index in [1.807, 2.05) is 5.38 Å². The van der Waals surface area contributed by atoms with Gasteiger partial charge in [-0.05, 0) is 61.9 Å². The largest absolute Gasteiger partial charge is 0.545 e. The van der Waals surface area contributed by atoms with Crippen LogP contribution in [0.2, 0.25) is 0 Å². The number of hydrogen-bond donors (Lipinski definition) is 0. The molecule has 0 N–H and O–H groups in total. The molecule has 0 bridgehead atoms. The highest BCUT2D eigenvalue weighted by molar-refractivity contribution is 7.09. The van der Waals surface area contributed by atoms with Crippen LogP contribution in [0, 0.1) is 0 Å². The minimum atomic E-state index is -1.28. The van der Waals surface area contributed by atoms with E-state index in [9.17, 15) is 9.90 Å². The van der Waals surface area contributed by atoms with Gasteiger partial charge in [-0.3, -0.25) is 4.98 Å². The lowest BCUT2D eigenvalue weighted by atomic mass is 9.94. The number of carboxylic acid groups (broad SMARTS) is 1. The van der Waals surface area contributed by atoms with Crippen LogP contribution in [-0.2, 0) is 13.2 Å². The summed E-state index contributed by atoms with van der Waals surface area (Å²) in [5.74, 6) is -0.290. The summed E-state index contributed by atoms with van der Waals surface area (Å²) in [4.78, 5) is 22.0. The molecule has 0 saturated heterocycles. The molecule has 0 aliphatic carbocycles. The summed E-state index contributed by atoms with van der Waals surface area (Å²) >= 11 is 1.50. The Balaban J connectivity index is 1.40. The van der Waals surface area contributed by atoms with Crippen LogP contribution >= 0.6 is 11.3 Å². The van der Waals surface area contributed by atoms with Crippen LogP contribution in [0.5, 0.6) is 5.75 Å². The molecule has 198 valence electrons. The Morgan fingerprint density at radius 2 is 1.74 bits per heavy atom. The molecule has 0 amide bonds. The van der Waals surface area contributed by atoms with Crippen LogP contribution in [0.15, 0.2) is 72.4 Å². The monoisotopic (exact) mass is 528 g/mol. The van der Waals surface area contributed by atoms with Crippen molar-refractivity contribution >= 4 is 23.0 Å². The number of aromatic carboxylic acids is 1. The van der Waals surface area contributed by atoms with Gasteiger partial charge in [0.15, 0.2) is 0 Å². The Morgan fingerprint density at radius 1 is 1.03 bits per heavy atom. The van der Waals surface area contributed by atoms with Gasteiger partial charge in [-0.1, -0.05) is 50.2 Å². The molecule has 0 spiro atoms. The maximum Gasteiger partial charge on any atom is 0.140 e. The molecule has 0 unspecified atom stereocenters. The zero-order chi connectivity index (χ0) is 27.1. The van der Waals surface area contributed by atoms with Crippen molar-refractivity contribution in [2.24, 2.45) is 0 Å². The van der Waals surface area contributed by atoms with Crippen molar-refractivity contribution < 1.29 is 14.6 Å². The van der Waals surface area contributed by atoms with Gasteiger partial charge in [0.05, 0.1) is 17.9 Å². The van der Waals surface area contributed by atoms with Crippen LogP contribution < -0.4 is 14.7 Å². The molecular formula is C31H34N3O3S-. The second-order valence-corrected chi connectivity index (χ2v) is 10.6. The third-order valence-corrected chi connectivity index (χ3v) is 7.59. The zero-order valence-corrected chi connectivity index (χ0v) is 23.2. The number of pyridine rings is 1. The van der Waals surface area contributed by atoms with E-state index in [1.165, 1.54) is 59.5 Å². The van der Waals surface area contributed by atoms with Gasteiger partial charge < -0.3 is 19.5 Å². The SMILES string of the molecule is CCC(CC)c1ccc(N(Cc2ccc(-c3csc(COc4cncc(C(=O)[O-])c4)n3)cc2)C(C)C)cc1. The average Bonchev–Trinajstić information content (AvgIpc) is 3.41. The lowest BCUT2D eigenvalue weighted by molar-refractivity contribution is -0.255. The Kier molecular flexibility index (Phi) is 9.13. The summed E-state index contributed by atoms with van der Waals surface area (Å²) in [5, 5.41) is 13.8. The predicted molar refractivity (Wildman–Crippen MR) is 152 cm³/mol. The molecule has 2 aromatic heterocycles. The highest BCUT2D eigenvalue weighted by Gasteiger charge is 2.14. The molecule has 4 rings (SSSR count). The van der Waals surface area contributed by atoms with E-state index in [1.54, 1.807) is 0 Å². The third-order valence-electron chi connectivity index (χ3n) is 6.77. The lowest BCUT2D eigenvalue weighted by Crippen LogP contribution is -2.30. The second-order valence-electron chi connectivity index (χ2n) is 9.64. The summed E-state index contributed by atoms with van der Waals surface area (Å²) in [5.41, 5.74) is 5.82. The Bertz CT molecular complexity index is 1330. The van der Waals surface area contributed by atoms with Crippen LogP contribution in [-0.4, -0.2) is 22.0 Å².